The minimum atomic E-state index is -0.948. The Morgan fingerprint density at radius 3 is 2.44 bits per heavy atom. The van der Waals surface area contributed by atoms with Gasteiger partial charge in [0.1, 0.15) is 0 Å². The smallest absolute Gasteiger partial charge is 0.303 e. The first kappa shape index (κ1) is 14.3. The predicted octanol–water partition coefficient (Wildman–Crippen LogP) is 0.306. The molecular weight excluding hydrogens is 238 g/mol. The van der Waals surface area contributed by atoms with E-state index in [-0.39, 0.29) is 18.7 Å². The van der Waals surface area contributed by atoms with Gasteiger partial charge in [0.15, 0.2) is 0 Å². The van der Waals surface area contributed by atoms with E-state index in [2.05, 4.69) is 14.9 Å². The first-order chi connectivity index (χ1) is 8.63. The zero-order valence-corrected chi connectivity index (χ0v) is 10.2. The number of carbonyl (C=O) groups is 2. The molecule has 0 aliphatic carbocycles. The van der Waals surface area contributed by atoms with Gasteiger partial charge in [-0.25, -0.2) is 0 Å². The van der Waals surface area contributed by atoms with E-state index >= 15 is 0 Å². The third-order valence-corrected chi connectivity index (χ3v) is 2.86. The fourth-order valence-electron chi connectivity index (χ4n) is 1.82. The normalized spacial score (nSPS) is 16.1. The SMILES string of the molecule is [N-]=[N+]=NCCN1CCN(C(=O)CCC(=O)O)CC1. The molecule has 1 rings (SSSR count). The van der Waals surface area contributed by atoms with Gasteiger partial charge in [-0.3, -0.25) is 14.5 Å². The van der Waals surface area contributed by atoms with E-state index in [4.69, 9.17) is 10.6 Å². The van der Waals surface area contributed by atoms with Crippen LogP contribution in [0.4, 0.5) is 0 Å². The molecule has 100 valence electrons. The van der Waals surface area contributed by atoms with Crippen molar-refractivity contribution < 1.29 is 14.7 Å². The summed E-state index contributed by atoms with van der Waals surface area (Å²) in [5.41, 5.74) is 8.15. The molecule has 18 heavy (non-hydrogen) atoms. The maximum Gasteiger partial charge on any atom is 0.303 e. The lowest BCUT2D eigenvalue weighted by Gasteiger charge is -2.34. The number of carboxylic acid groups (broad SMARTS) is 1. The zero-order chi connectivity index (χ0) is 13.4. The summed E-state index contributed by atoms with van der Waals surface area (Å²) in [6.07, 6.45) is -0.0516. The molecule has 0 unspecified atom stereocenters. The average Bonchev–Trinajstić information content (AvgIpc) is 2.37. The molecule has 1 fully saturated rings. The Morgan fingerprint density at radius 1 is 1.22 bits per heavy atom. The van der Waals surface area contributed by atoms with Crippen molar-refractivity contribution in [2.45, 2.75) is 12.8 Å². The van der Waals surface area contributed by atoms with Gasteiger partial charge in [0, 0.05) is 50.6 Å². The van der Waals surface area contributed by atoms with Crippen LogP contribution in [-0.2, 0) is 9.59 Å². The van der Waals surface area contributed by atoms with Gasteiger partial charge in [0.05, 0.1) is 6.42 Å². The summed E-state index contributed by atoms with van der Waals surface area (Å²) >= 11 is 0. The molecule has 0 saturated carbocycles. The maximum absolute atomic E-state index is 11.6. The highest BCUT2D eigenvalue weighted by Crippen LogP contribution is 2.05. The van der Waals surface area contributed by atoms with Crippen LogP contribution in [0.3, 0.4) is 0 Å². The van der Waals surface area contributed by atoms with Crippen LogP contribution in [0.2, 0.25) is 0 Å². The Kier molecular flexibility index (Phi) is 5.96. The highest BCUT2D eigenvalue weighted by molar-refractivity contribution is 5.80. The van der Waals surface area contributed by atoms with Gasteiger partial charge in [-0.1, -0.05) is 5.11 Å². The highest BCUT2D eigenvalue weighted by Gasteiger charge is 2.20. The maximum atomic E-state index is 11.6. The molecule has 1 N–H and O–H groups in total. The van der Waals surface area contributed by atoms with Crippen molar-refractivity contribution in [3.63, 3.8) is 0 Å². The quantitative estimate of drug-likeness (QED) is 0.418. The monoisotopic (exact) mass is 255 g/mol. The van der Waals surface area contributed by atoms with Crippen molar-refractivity contribution in [1.29, 1.82) is 0 Å². The summed E-state index contributed by atoms with van der Waals surface area (Å²) < 4.78 is 0. The number of azide groups is 1. The van der Waals surface area contributed by atoms with E-state index in [9.17, 15) is 9.59 Å². The fourth-order valence-corrected chi connectivity index (χ4v) is 1.82. The van der Waals surface area contributed by atoms with E-state index < -0.39 is 5.97 Å². The number of amides is 1. The van der Waals surface area contributed by atoms with Gasteiger partial charge in [0.2, 0.25) is 5.91 Å². The number of piperazine rings is 1. The molecule has 1 aliphatic heterocycles. The van der Waals surface area contributed by atoms with Crippen molar-refractivity contribution in [3.05, 3.63) is 10.4 Å². The number of carbonyl (C=O) groups excluding carboxylic acids is 1. The van der Waals surface area contributed by atoms with Gasteiger partial charge in [-0.2, -0.15) is 0 Å². The number of aliphatic carboxylic acids is 1. The average molecular weight is 255 g/mol. The predicted molar refractivity (Wildman–Crippen MR) is 63.9 cm³/mol. The van der Waals surface area contributed by atoms with Crippen LogP contribution in [0.5, 0.6) is 0 Å². The molecule has 0 atom stereocenters. The largest absolute Gasteiger partial charge is 0.481 e. The molecule has 0 radical (unpaired) electrons. The van der Waals surface area contributed by atoms with Crippen LogP contribution >= 0.6 is 0 Å². The molecule has 1 amide bonds. The summed E-state index contributed by atoms with van der Waals surface area (Å²) in [6, 6.07) is 0. The molecule has 0 aromatic carbocycles. The van der Waals surface area contributed by atoms with Crippen LogP contribution < -0.4 is 0 Å². The number of carboxylic acids is 1. The van der Waals surface area contributed by atoms with Gasteiger partial charge in [-0.05, 0) is 5.53 Å². The number of nitrogens with zero attached hydrogens (tertiary/aromatic N) is 5. The standard InChI is InChI=1S/C10H17N5O3/c11-13-12-3-4-14-5-7-15(8-6-14)9(16)1-2-10(17)18/h1-8H2,(H,17,18). The topological polar surface area (TPSA) is 110 Å². The molecular formula is C10H17N5O3. The molecule has 0 spiro atoms. The third kappa shape index (κ3) is 5.03. The Bertz CT molecular complexity index is 345. The Labute approximate surface area is 105 Å². The molecule has 1 aliphatic rings. The Balaban J connectivity index is 2.23. The van der Waals surface area contributed by atoms with Crippen molar-refractivity contribution in [2.75, 3.05) is 39.3 Å². The lowest BCUT2D eigenvalue weighted by molar-refractivity contribution is -0.141. The van der Waals surface area contributed by atoms with Gasteiger partial charge < -0.3 is 10.0 Å². The van der Waals surface area contributed by atoms with Crippen LogP contribution in [-0.4, -0.2) is 66.1 Å². The third-order valence-electron chi connectivity index (χ3n) is 2.86. The number of rotatable bonds is 6. The van der Waals surface area contributed by atoms with Crippen LogP contribution in [0.1, 0.15) is 12.8 Å². The van der Waals surface area contributed by atoms with E-state index in [1.165, 1.54) is 0 Å². The van der Waals surface area contributed by atoms with Crippen molar-refractivity contribution in [3.8, 4) is 0 Å². The van der Waals surface area contributed by atoms with Crippen molar-refractivity contribution in [2.24, 2.45) is 5.11 Å². The van der Waals surface area contributed by atoms with Crippen LogP contribution in [0, 0.1) is 0 Å². The molecule has 1 heterocycles. The number of hydrogen-bond acceptors (Lipinski definition) is 4. The molecule has 8 nitrogen and oxygen atoms in total. The van der Waals surface area contributed by atoms with Gasteiger partial charge in [0.25, 0.3) is 0 Å². The summed E-state index contributed by atoms with van der Waals surface area (Å²) in [5.74, 6) is -1.05. The molecule has 0 bridgehead atoms. The molecule has 1 saturated heterocycles. The summed E-state index contributed by atoms with van der Waals surface area (Å²) in [7, 11) is 0. The highest BCUT2D eigenvalue weighted by atomic mass is 16.4. The van der Waals surface area contributed by atoms with Crippen molar-refractivity contribution in [1.82, 2.24) is 9.80 Å². The van der Waals surface area contributed by atoms with Crippen molar-refractivity contribution >= 4 is 11.9 Å². The molecule has 0 aromatic heterocycles. The fraction of sp³-hybridized carbons (Fsp3) is 0.800. The van der Waals surface area contributed by atoms with E-state index in [1.54, 1.807) is 4.90 Å². The lowest BCUT2D eigenvalue weighted by Crippen LogP contribution is -2.49. The van der Waals surface area contributed by atoms with E-state index in [0.29, 0.717) is 26.2 Å². The van der Waals surface area contributed by atoms with E-state index in [0.717, 1.165) is 13.1 Å². The summed E-state index contributed by atoms with van der Waals surface area (Å²) in [4.78, 5) is 28.5. The minimum Gasteiger partial charge on any atom is -0.481 e. The first-order valence-electron chi connectivity index (χ1n) is 5.86. The number of hydrogen-bond donors (Lipinski definition) is 1. The van der Waals surface area contributed by atoms with Crippen LogP contribution in [0.25, 0.3) is 10.4 Å². The summed E-state index contributed by atoms with van der Waals surface area (Å²) in [6.45, 7) is 3.81. The van der Waals surface area contributed by atoms with Gasteiger partial charge in [-0.15, -0.1) is 0 Å². The minimum absolute atomic E-state index is 0.0636. The summed E-state index contributed by atoms with van der Waals surface area (Å²) in [5, 5.41) is 12.0. The Hall–Kier alpha value is -1.79. The molecule has 0 aromatic rings. The zero-order valence-electron chi connectivity index (χ0n) is 10.2. The Morgan fingerprint density at radius 2 is 1.89 bits per heavy atom. The second kappa shape index (κ2) is 7.52. The first-order valence-corrected chi connectivity index (χ1v) is 5.86. The van der Waals surface area contributed by atoms with Gasteiger partial charge >= 0.3 is 5.97 Å². The molecule has 8 heteroatoms. The second-order valence-electron chi connectivity index (χ2n) is 4.07. The lowest BCUT2D eigenvalue weighted by atomic mass is 10.2. The van der Waals surface area contributed by atoms with Crippen LogP contribution in [0.15, 0.2) is 5.11 Å². The second-order valence-corrected chi connectivity index (χ2v) is 4.07. The van der Waals surface area contributed by atoms with E-state index in [1.807, 2.05) is 0 Å².